The minimum atomic E-state index is -0.108. The summed E-state index contributed by atoms with van der Waals surface area (Å²) in [5.74, 6) is 0.823. The summed E-state index contributed by atoms with van der Waals surface area (Å²) in [4.78, 5) is 0. The van der Waals surface area contributed by atoms with E-state index in [1.807, 2.05) is 11.5 Å². The van der Waals surface area contributed by atoms with Crippen molar-refractivity contribution in [2.24, 2.45) is 0 Å². The van der Waals surface area contributed by atoms with E-state index in [4.69, 9.17) is 12.2 Å². The molecule has 0 spiro atoms. The smallest absolute Gasteiger partial charge is 0.195 e. The van der Waals surface area contributed by atoms with Gasteiger partial charge in [0.05, 0.1) is 11.8 Å². The van der Waals surface area contributed by atoms with E-state index in [9.17, 15) is 0 Å². The van der Waals surface area contributed by atoms with Crippen LogP contribution in [0.5, 0.6) is 0 Å². The zero-order chi connectivity index (χ0) is 11.9. The lowest BCUT2D eigenvalue weighted by Gasteiger charge is -2.22. The van der Waals surface area contributed by atoms with E-state index in [1.54, 1.807) is 6.20 Å². The van der Waals surface area contributed by atoms with Crippen LogP contribution < -0.4 is 0 Å². The van der Waals surface area contributed by atoms with E-state index < -0.39 is 0 Å². The van der Waals surface area contributed by atoms with Gasteiger partial charge in [0.1, 0.15) is 0 Å². The zero-order valence-corrected chi connectivity index (χ0v) is 10.6. The van der Waals surface area contributed by atoms with Gasteiger partial charge in [0, 0.05) is 11.2 Å². The molecule has 0 atom stereocenters. The molecule has 0 aromatic carbocycles. The first-order valence-electron chi connectivity index (χ1n) is 5.09. The molecule has 0 saturated heterocycles. The highest BCUT2D eigenvalue weighted by atomic mass is 32.1. The Hall–Kier alpha value is -1.43. The van der Waals surface area contributed by atoms with Gasteiger partial charge in [-0.05, 0) is 39.9 Å². The lowest BCUT2D eigenvalue weighted by atomic mass is 10.1. The van der Waals surface area contributed by atoms with Gasteiger partial charge >= 0.3 is 0 Å². The number of hydrogen-bond acceptors (Lipinski definition) is 3. The molecule has 0 aliphatic carbocycles. The highest BCUT2D eigenvalue weighted by Gasteiger charge is 2.21. The number of aryl methyl sites for hydroxylation is 1. The predicted octanol–water partition coefficient (Wildman–Crippen LogP) is 2.39. The molecule has 6 heteroatoms. The van der Waals surface area contributed by atoms with Gasteiger partial charge in [-0.25, -0.2) is 0 Å². The van der Waals surface area contributed by atoms with Crippen LogP contribution in [0.15, 0.2) is 6.20 Å². The maximum atomic E-state index is 5.25. The molecule has 0 bridgehead atoms. The first kappa shape index (κ1) is 11.1. The van der Waals surface area contributed by atoms with Crippen LogP contribution in [-0.2, 0) is 5.54 Å². The molecule has 2 heterocycles. The molecule has 0 amide bonds. The topological polar surface area (TPSA) is 62.3 Å². The number of nitrogens with zero attached hydrogens (tertiary/aromatic N) is 3. The molecule has 86 valence electrons. The quantitative estimate of drug-likeness (QED) is 0.749. The molecule has 0 aliphatic rings. The van der Waals surface area contributed by atoms with E-state index in [1.165, 1.54) is 0 Å². The van der Waals surface area contributed by atoms with Crippen molar-refractivity contribution < 1.29 is 0 Å². The zero-order valence-electron chi connectivity index (χ0n) is 9.83. The largest absolute Gasteiger partial charge is 0.295 e. The standard InChI is InChI=1S/C10H15N5S/c1-6-7(5-11-12-6)8-13-14-9(16)15(8)10(2,3)4/h5H,1-4H3,(H,11,12)(H,14,16). The minimum Gasteiger partial charge on any atom is -0.295 e. The van der Waals surface area contributed by atoms with Crippen molar-refractivity contribution >= 4 is 12.2 Å². The van der Waals surface area contributed by atoms with Gasteiger partial charge in [0.25, 0.3) is 0 Å². The van der Waals surface area contributed by atoms with Crippen molar-refractivity contribution in [1.82, 2.24) is 25.0 Å². The maximum absolute atomic E-state index is 5.25. The van der Waals surface area contributed by atoms with Crippen LogP contribution in [0.2, 0.25) is 0 Å². The average molecular weight is 237 g/mol. The summed E-state index contributed by atoms with van der Waals surface area (Å²) in [5, 5.41) is 14.0. The third-order valence-electron chi connectivity index (χ3n) is 2.41. The van der Waals surface area contributed by atoms with Crippen molar-refractivity contribution in [1.29, 1.82) is 0 Å². The number of H-pyrrole nitrogens is 2. The van der Waals surface area contributed by atoms with E-state index >= 15 is 0 Å². The lowest BCUT2D eigenvalue weighted by molar-refractivity contribution is 0.395. The molecule has 0 saturated carbocycles. The molecule has 2 rings (SSSR count). The van der Waals surface area contributed by atoms with E-state index in [0.29, 0.717) is 4.77 Å². The molecule has 2 N–H and O–H groups in total. The fraction of sp³-hybridized carbons (Fsp3) is 0.500. The molecular weight excluding hydrogens is 222 g/mol. The van der Waals surface area contributed by atoms with Gasteiger partial charge in [0.2, 0.25) is 0 Å². The van der Waals surface area contributed by atoms with E-state index in [2.05, 4.69) is 41.2 Å². The maximum Gasteiger partial charge on any atom is 0.195 e. The molecule has 0 fully saturated rings. The fourth-order valence-corrected chi connectivity index (χ4v) is 2.08. The van der Waals surface area contributed by atoms with Crippen molar-refractivity contribution in [2.45, 2.75) is 33.2 Å². The Morgan fingerprint density at radius 2 is 2.00 bits per heavy atom. The normalized spacial score (nSPS) is 12.0. The van der Waals surface area contributed by atoms with Crippen molar-refractivity contribution in [2.75, 3.05) is 0 Å². The van der Waals surface area contributed by atoms with Gasteiger partial charge in [-0.1, -0.05) is 0 Å². The van der Waals surface area contributed by atoms with E-state index in [-0.39, 0.29) is 5.54 Å². The molecule has 16 heavy (non-hydrogen) atoms. The molecule has 0 aliphatic heterocycles. The van der Waals surface area contributed by atoms with Crippen LogP contribution in [0.3, 0.4) is 0 Å². The average Bonchev–Trinajstić information content (AvgIpc) is 2.69. The third-order valence-corrected chi connectivity index (χ3v) is 2.69. The summed E-state index contributed by atoms with van der Waals surface area (Å²) < 4.78 is 2.63. The van der Waals surface area contributed by atoms with Crippen LogP contribution in [0, 0.1) is 11.7 Å². The highest BCUT2D eigenvalue weighted by molar-refractivity contribution is 7.71. The van der Waals surface area contributed by atoms with Crippen LogP contribution in [0.25, 0.3) is 11.4 Å². The summed E-state index contributed by atoms with van der Waals surface area (Å²) in [7, 11) is 0. The third kappa shape index (κ3) is 1.69. The van der Waals surface area contributed by atoms with Gasteiger partial charge in [-0.2, -0.15) is 10.2 Å². The molecule has 0 radical (unpaired) electrons. The number of aromatic amines is 2. The number of nitrogens with one attached hydrogen (secondary N) is 2. The van der Waals surface area contributed by atoms with E-state index in [0.717, 1.165) is 17.1 Å². The molecule has 2 aromatic heterocycles. The van der Waals surface area contributed by atoms with Crippen LogP contribution in [0.1, 0.15) is 26.5 Å². The second-order valence-electron chi connectivity index (χ2n) is 4.77. The second kappa shape index (κ2) is 3.55. The highest BCUT2D eigenvalue weighted by Crippen LogP contribution is 2.25. The Labute approximate surface area is 98.9 Å². The number of aromatic nitrogens is 5. The summed E-state index contributed by atoms with van der Waals surface area (Å²) >= 11 is 5.25. The first-order valence-corrected chi connectivity index (χ1v) is 5.50. The Balaban J connectivity index is 2.69. The molecule has 2 aromatic rings. The van der Waals surface area contributed by atoms with Crippen molar-refractivity contribution in [3.8, 4) is 11.4 Å². The Kier molecular flexibility index (Phi) is 2.46. The monoisotopic (exact) mass is 237 g/mol. The number of hydrogen-bond donors (Lipinski definition) is 2. The predicted molar refractivity (Wildman–Crippen MR) is 64.7 cm³/mol. The minimum absolute atomic E-state index is 0.108. The van der Waals surface area contributed by atoms with Crippen LogP contribution in [0.4, 0.5) is 0 Å². The van der Waals surface area contributed by atoms with Crippen molar-refractivity contribution in [3.05, 3.63) is 16.7 Å². The SMILES string of the molecule is Cc1[nH]ncc1-c1n[nH]c(=S)n1C(C)(C)C. The summed E-state index contributed by atoms with van der Waals surface area (Å²) in [5.41, 5.74) is 1.85. The molecule has 5 nitrogen and oxygen atoms in total. The summed E-state index contributed by atoms with van der Waals surface area (Å²) in [6, 6.07) is 0. The van der Waals surface area contributed by atoms with Crippen molar-refractivity contribution in [3.63, 3.8) is 0 Å². The Morgan fingerprint density at radius 1 is 1.31 bits per heavy atom. The van der Waals surface area contributed by atoms with Gasteiger partial charge < -0.3 is 0 Å². The molecular formula is C10H15N5S. The first-order chi connectivity index (χ1) is 7.41. The summed E-state index contributed by atoms with van der Waals surface area (Å²) in [6.07, 6.45) is 1.77. The molecule has 0 unspecified atom stereocenters. The van der Waals surface area contributed by atoms with Gasteiger partial charge in [-0.15, -0.1) is 0 Å². The van der Waals surface area contributed by atoms with Gasteiger partial charge in [0.15, 0.2) is 10.6 Å². The Morgan fingerprint density at radius 3 is 2.50 bits per heavy atom. The number of rotatable bonds is 1. The Bertz CT molecular complexity index is 554. The van der Waals surface area contributed by atoms with Crippen LogP contribution in [-0.4, -0.2) is 25.0 Å². The van der Waals surface area contributed by atoms with Gasteiger partial charge in [-0.3, -0.25) is 14.8 Å². The fourth-order valence-electron chi connectivity index (χ4n) is 1.68. The lowest BCUT2D eigenvalue weighted by Crippen LogP contribution is -2.23. The summed E-state index contributed by atoms with van der Waals surface area (Å²) in [6.45, 7) is 8.25. The van der Waals surface area contributed by atoms with Crippen LogP contribution >= 0.6 is 12.2 Å². The second-order valence-corrected chi connectivity index (χ2v) is 5.15.